The van der Waals surface area contributed by atoms with E-state index in [4.69, 9.17) is 12.2 Å². The van der Waals surface area contributed by atoms with E-state index in [2.05, 4.69) is 25.3 Å². The van der Waals surface area contributed by atoms with Crippen molar-refractivity contribution in [2.75, 3.05) is 5.32 Å². The van der Waals surface area contributed by atoms with Gasteiger partial charge < -0.3 is 15.4 Å². The summed E-state index contributed by atoms with van der Waals surface area (Å²) in [6.07, 6.45) is 0.986. The van der Waals surface area contributed by atoms with Crippen LogP contribution in [0.4, 0.5) is 5.82 Å². The van der Waals surface area contributed by atoms with Crippen molar-refractivity contribution in [3.05, 3.63) is 57.1 Å². The van der Waals surface area contributed by atoms with Gasteiger partial charge in [-0.1, -0.05) is 24.4 Å². The molecule has 22 heavy (non-hydrogen) atoms. The lowest BCUT2D eigenvalue weighted by Gasteiger charge is -2.08. The van der Waals surface area contributed by atoms with Gasteiger partial charge in [-0.3, -0.25) is 9.78 Å². The Kier molecular flexibility index (Phi) is 3.39. The summed E-state index contributed by atoms with van der Waals surface area (Å²) < 4.78 is 0. The number of rotatable bonds is 2. The number of aromatic hydroxyl groups is 1. The first-order valence-corrected chi connectivity index (χ1v) is 6.54. The number of nitrogens with one attached hydrogen (secondary N) is 3. The molecule has 0 saturated carbocycles. The summed E-state index contributed by atoms with van der Waals surface area (Å²) in [5, 5.41) is 12.7. The monoisotopic (exact) mass is 315 g/mol. The molecule has 9 heteroatoms. The van der Waals surface area contributed by atoms with Crippen LogP contribution in [0.25, 0.3) is 10.9 Å². The van der Waals surface area contributed by atoms with Gasteiger partial charge in [-0.25, -0.2) is 9.78 Å². The highest BCUT2D eigenvalue weighted by atomic mass is 32.1. The number of aromatic amines is 2. The number of anilines is 1. The summed E-state index contributed by atoms with van der Waals surface area (Å²) >= 11 is 5.13. The van der Waals surface area contributed by atoms with Crippen molar-refractivity contribution < 1.29 is 5.11 Å². The average molecular weight is 315 g/mol. The first-order valence-electron chi connectivity index (χ1n) is 6.13. The molecule has 0 unspecified atom stereocenters. The van der Waals surface area contributed by atoms with E-state index in [0.717, 1.165) is 6.20 Å². The molecule has 2 aromatic heterocycles. The maximum absolute atomic E-state index is 12.0. The van der Waals surface area contributed by atoms with Gasteiger partial charge in [0.05, 0.1) is 17.1 Å². The van der Waals surface area contributed by atoms with Gasteiger partial charge in [0.2, 0.25) is 0 Å². The second kappa shape index (κ2) is 5.37. The Morgan fingerprint density at radius 2 is 2.00 bits per heavy atom. The minimum Gasteiger partial charge on any atom is -0.503 e. The topological polar surface area (TPSA) is 124 Å². The molecule has 0 spiro atoms. The number of para-hydroxylation sites is 1. The van der Waals surface area contributed by atoms with Crippen molar-refractivity contribution in [2.45, 2.75) is 0 Å². The lowest BCUT2D eigenvalue weighted by Crippen LogP contribution is -2.22. The highest BCUT2D eigenvalue weighted by Crippen LogP contribution is 2.16. The zero-order valence-corrected chi connectivity index (χ0v) is 11.8. The molecule has 2 heterocycles. The second-order valence-corrected chi connectivity index (χ2v) is 4.74. The summed E-state index contributed by atoms with van der Waals surface area (Å²) in [5.74, 6) is -0.193. The van der Waals surface area contributed by atoms with E-state index in [1.807, 2.05) is 0 Å². The minimum absolute atomic E-state index is 0.0270. The molecule has 0 aliphatic rings. The molecular weight excluding hydrogens is 306 g/mol. The predicted octanol–water partition coefficient (Wildman–Crippen LogP) is 0.500. The van der Waals surface area contributed by atoms with Crippen molar-refractivity contribution >= 4 is 33.9 Å². The van der Waals surface area contributed by atoms with E-state index in [9.17, 15) is 14.7 Å². The molecule has 0 atom stereocenters. The molecule has 110 valence electrons. The number of benzene rings is 1. The van der Waals surface area contributed by atoms with Gasteiger partial charge in [0, 0.05) is 0 Å². The number of aromatic nitrogens is 4. The number of fused-ring (bicyclic) bond motifs is 1. The van der Waals surface area contributed by atoms with Crippen LogP contribution in [0.5, 0.6) is 5.75 Å². The Balaban J connectivity index is 2.00. The van der Waals surface area contributed by atoms with Gasteiger partial charge in [0.25, 0.3) is 5.56 Å². The van der Waals surface area contributed by atoms with Crippen LogP contribution in [0.15, 0.2) is 40.1 Å². The zero-order chi connectivity index (χ0) is 15.7. The van der Waals surface area contributed by atoms with Crippen molar-refractivity contribution in [3.63, 3.8) is 0 Å². The van der Waals surface area contributed by atoms with E-state index in [1.165, 1.54) is 0 Å². The van der Waals surface area contributed by atoms with Crippen LogP contribution >= 0.6 is 12.2 Å². The van der Waals surface area contributed by atoms with E-state index >= 15 is 0 Å². The highest BCUT2D eigenvalue weighted by molar-refractivity contribution is 7.81. The molecule has 0 bridgehead atoms. The lowest BCUT2D eigenvalue weighted by molar-refractivity contribution is 0.472. The molecule has 0 aliphatic heterocycles. The first kappa shape index (κ1) is 13.9. The summed E-state index contributed by atoms with van der Waals surface area (Å²) in [6, 6.07) is 6.81. The van der Waals surface area contributed by atoms with Gasteiger partial charge in [-0.2, -0.15) is 4.98 Å². The van der Waals surface area contributed by atoms with Gasteiger partial charge in [0.15, 0.2) is 17.4 Å². The van der Waals surface area contributed by atoms with Gasteiger partial charge in [0.1, 0.15) is 4.99 Å². The Morgan fingerprint density at radius 3 is 2.82 bits per heavy atom. The molecular formula is C13H9N5O3S. The van der Waals surface area contributed by atoms with E-state index in [1.54, 1.807) is 24.3 Å². The van der Waals surface area contributed by atoms with E-state index in [-0.39, 0.29) is 27.9 Å². The third-order valence-electron chi connectivity index (χ3n) is 2.86. The second-order valence-electron chi connectivity index (χ2n) is 4.33. The van der Waals surface area contributed by atoms with Crippen LogP contribution in [0.3, 0.4) is 0 Å². The minimum atomic E-state index is -0.650. The van der Waals surface area contributed by atoms with Crippen LogP contribution in [0.2, 0.25) is 0 Å². The summed E-state index contributed by atoms with van der Waals surface area (Å²) in [6.45, 7) is 0. The quantitative estimate of drug-likeness (QED) is 0.508. The van der Waals surface area contributed by atoms with Crippen LogP contribution < -0.4 is 16.6 Å². The molecule has 0 radical (unpaired) electrons. The molecule has 4 N–H and O–H groups in total. The van der Waals surface area contributed by atoms with Crippen LogP contribution in [0, 0.1) is 0 Å². The van der Waals surface area contributed by atoms with Crippen molar-refractivity contribution in [2.24, 2.45) is 0 Å². The van der Waals surface area contributed by atoms with Gasteiger partial charge in [-0.05, 0) is 12.1 Å². The van der Waals surface area contributed by atoms with Gasteiger partial charge >= 0.3 is 5.69 Å². The smallest absolute Gasteiger partial charge is 0.346 e. The van der Waals surface area contributed by atoms with Crippen LogP contribution in [0.1, 0.15) is 5.82 Å². The lowest BCUT2D eigenvalue weighted by atomic mass is 10.2. The number of H-pyrrole nitrogens is 2. The fourth-order valence-electron chi connectivity index (χ4n) is 1.85. The summed E-state index contributed by atoms with van der Waals surface area (Å²) in [7, 11) is 0. The van der Waals surface area contributed by atoms with E-state index in [0.29, 0.717) is 10.9 Å². The largest absolute Gasteiger partial charge is 0.503 e. The molecule has 8 nitrogen and oxygen atoms in total. The van der Waals surface area contributed by atoms with E-state index < -0.39 is 5.69 Å². The predicted molar refractivity (Wildman–Crippen MR) is 84.2 cm³/mol. The third-order valence-corrected chi connectivity index (χ3v) is 3.15. The standard InChI is InChI=1S/C13H9N5O3S/c19-8-5-14-13(21)18-9(8)17-12(22)10-15-7-4-2-1-3-6(7)11(20)16-10/h1-5,19H,(H,15,16,20)(H2,14,17,18,21,22). The van der Waals surface area contributed by atoms with Crippen molar-refractivity contribution in [1.82, 2.24) is 19.9 Å². The molecule has 0 amide bonds. The first-order chi connectivity index (χ1) is 10.5. The highest BCUT2D eigenvalue weighted by Gasteiger charge is 2.11. The molecule has 3 rings (SSSR count). The van der Waals surface area contributed by atoms with Gasteiger partial charge in [-0.15, -0.1) is 0 Å². The Bertz CT molecular complexity index is 995. The normalized spacial score (nSPS) is 10.5. The van der Waals surface area contributed by atoms with Crippen molar-refractivity contribution in [3.8, 4) is 5.75 Å². The molecule has 0 fully saturated rings. The maximum Gasteiger partial charge on any atom is 0.346 e. The fraction of sp³-hybridized carbons (Fsp3) is 0. The molecule has 3 aromatic rings. The average Bonchev–Trinajstić information content (AvgIpc) is 2.51. The summed E-state index contributed by atoms with van der Waals surface area (Å²) in [5.41, 5.74) is -0.502. The number of nitrogens with zero attached hydrogens (tertiary/aromatic N) is 2. The molecule has 0 aliphatic carbocycles. The molecule has 1 aromatic carbocycles. The number of thiocarbonyl (C=S) groups is 1. The molecule has 0 saturated heterocycles. The maximum atomic E-state index is 12.0. The number of hydrogen-bond acceptors (Lipinski definition) is 6. The third kappa shape index (κ3) is 2.56. The number of hydrogen-bond donors (Lipinski definition) is 4. The van der Waals surface area contributed by atoms with Crippen LogP contribution in [-0.4, -0.2) is 30.0 Å². The van der Waals surface area contributed by atoms with Crippen LogP contribution in [-0.2, 0) is 0 Å². The SMILES string of the molecule is O=c1ncc(O)c(NC(=S)c2nc3ccccc3c(=O)[nH]2)[nH]1. The fourth-order valence-corrected chi connectivity index (χ4v) is 2.05. The Labute approximate surface area is 127 Å². The Morgan fingerprint density at radius 1 is 1.23 bits per heavy atom. The Hall–Kier alpha value is -3.07. The van der Waals surface area contributed by atoms with Crippen molar-refractivity contribution in [1.29, 1.82) is 0 Å². The summed E-state index contributed by atoms with van der Waals surface area (Å²) in [4.78, 5) is 35.6. The zero-order valence-electron chi connectivity index (χ0n) is 11.0.